The lowest BCUT2D eigenvalue weighted by Crippen LogP contribution is -2.28. The lowest BCUT2D eigenvalue weighted by molar-refractivity contribution is -0.119. The molecule has 0 spiro atoms. The van der Waals surface area contributed by atoms with Crippen LogP contribution in [0.5, 0.6) is 0 Å². The van der Waals surface area contributed by atoms with Gasteiger partial charge in [-0.05, 0) is 62.7 Å². The van der Waals surface area contributed by atoms with Crippen molar-refractivity contribution in [2.75, 3.05) is 219 Å². The zero-order valence-electron chi connectivity index (χ0n) is 46.1. The van der Waals surface area contributed by atoms with Crippen molar-refractivity contribution in [2.24, 2.45) is 0 Å². The van der Waals surface area contributed by atoms with E-state index in [4.69, 9.17) is 56.8 Å². The van der Waals surface area contributed by atoms with Gasteiger partial charge in [-0.1, -0.05) is 0 Å². The fourth-order valence-corrected chi connectivity index (χ4v) is 4.88. The van der Waals surface area contributed by atoms with E-state index in [2.05, 4.69) is 14.7 Å². The molecular formula is C51H99N3O18. The maximum atomic E-state index is 10.7. The molecule has 0 amide bonds. The molecule has 426 valence electrons. The van der Waals surface area contributed by atoms with Crippen molar-refractivity contribution in [1.82, 2.24) is 14.7 Å². The van der Waals surface area contributed by atoms with Crippen LogP contribution >= 0.6 is 0 Å². The number of hydrogen-bond acceptors (Lipinski definition) is 21. The van der Waals surface area contributed by atoms with Crippen molar-refractivity contribution < 1.29 is 85.6 Å². The van der Waals surface area contributed by atoms with Crippen molar-refractivity contribution >= 4 is 34.7 Å². The number of nitrogens with zero attached hydrogens (tertiary/aromatic N) is 3. The molecule has 72 heavy (non-hydrogen) atoms. The highest BCUT2D eigenvalue weighted by Gasteiger charge is 2.03. The monoisotopic (exact) mass is 1040 g/mol. The molecule has 0 rings (SSSR count). The zero-order valence-corrected chi connectivity index (χ0v) is 46.1. The maximum Gasteiger partial charge on any atom is 0.132 e. The number of ether oxygens (including phenoxy) is 12. The second-order valence-electron chi connectivity index (χ2n) is 17.0. The molecule has 0 aliphatic rings. The van der Waals surface area contributed by atoms with Crippen LogP contribution in [0.4, 0.5) is 0 Å². The molecule has 21 heteroatoms. The molecule has 0 aliphatic heterocycles. The average Bonchev–Trinajstić information content (AvgIpc) is 3.31. The predicted molar refractivity (Wildman–Crippen MR) is 274 cm³/mol. The second kappa shape index (κ2) is 59.3. The number of Topliss-reactive ketones (excluding diaryl/α,β-unsaturated/α-hetero) is 6. The van der Waals surface area contributed by atoms with E-state index in [-0.39, 0.29) is 34.7 Å². The topological polar surface area (TPSA) is 223 Å². The van der Waals surface area contributed by atoms with Crippen LogP contribution in [0, 0.1) is 0 Å². The first kappa shape index (κ1) is 73.7. The Balaban J connectivity index is -0.000000992. The maximum absolute atomic E-state index is 10.7. The van der Waals surface area contributed by atoms with Gasteiger partial charge in [-0.15, -0.1) is 0 Å². The minimum Gasteiger partial charge on any atom is -0.380 e. The summed E-state index contributed by atoms with van der Waals surface area (Å²) < 4.78 is 64.4. The summed E-state index contributed by atoms with van der Waals surface area (Å²) in [6.45, 7) is 27.3. The van der Waals surface area contributed by atoms with Crippen LogP contribution in [0.3, 0.4) is 0 Å². The Morgan fingerprint density at radius 2 is 0.319 bits per heavy atom. The second-order valence-corrected chi connectivity index (χ2v) is 17.0. The van der Waals surface area contributed by atoms with E-state index in [1.807, 2.05) is 21.1 Å². The molecule has 0 radical (unpaired) electrons. The number of rotatable bonds is 54. The Morgan fingerprint density at radius 3 is 0.458 bits per heavy atom. The van der Waals surface area contributed by atoms with Crippen molar-refractivity contribution in [3.05, 3.63) is 0 Å². The first-order valence-electron chi connectivity index (χ1n) is 25.5. The van der Waals surface area contributed by atoms with E-state index in [0.29, 0.717) is 197 Å². The van der Waals surface area contributed by atoms with E-state index >= 15 is 0 Å². The third-order valence-corrected chi connectivity index (χ3v) is 9.53. The standard InChI is InChI=1S/3C17H33NO6/c2*1-16(19)4-8-21-12-14-23-10-6-18(3)7-11-24-15-13-22-9-5-17(2)20;1-16(19)4-8-21-10-6-18(3)7-11-23-13-15-24-14-12-22-9-5-17(2)20/h3*4-15H2,1-3H3. The minimum atomic E-state index is 0.136. The van der Waals surface area contributed by atoms with Gasteiger partial charge in [-0.3, -0.25) is 28.8 Å². The number of likely N-dealkylation sites (N-methyl/N-ethyl adjacent to an activating group) is 3. The number of carbonyl (C=O) groups excluding carboxylic acids is 6. The lowest BCUT2D eigenvalue weighted by atomic mass is 10.3. The van der Waals surface area contributed by atoms with Crippen molar-refractivity contribution in [2.45, 2.75) is 80.1 Å². The summed E-state index contributed by atoms with van der Waals surface area (Å²) in [5, 5.41) is 0. The van der Waals surface area contributed by atoms with Gasteiger partial charge in [0.25, 0.3) is 0 Å². The van der Waals surface area contributed by atoms with Gasteiger partial charge < -0.3 is 71.5 Å². The molecule has 0 aromatic carbocycles. The first-order valence-corrected chi connectivity index (χ1v) is 25.5. The van der Waals surface area contributed by atoms with Gasteiger partial charge in [0.1, 0.15) is 34.7 Å². The minimum absolute atomic E-state index is 0.136. The summed E-state index contributed by atoms with van der Waals surface area (Å²) in [6.07, 6.45) is 2.79. The van der Waals surface area contributed by atoms with Crippen LogP contribution in [0.15, 0.2) is 0 Å². The normalized spacial score (nSPS) is 11.2. The van der Waals surface area contributed by atoms with Crippen molar-refractivity contribution in [3.63, 3.8) is 0 Å². The van der Waals surface area contributed by atoms with E-state index in [1.165, 1.54) is 0 Å². The number of ketones is 6. The Bertz CT molecular complexity index is 1150. The third kappa shape index (κ3) is 73.9. The molecule has 0 saturated heterocycles. The van der Waals surface area contributed by atoms with Crippen LogP contribution in [0.1, 0.15) is 80.1 Å². The van der Waals surface area contributed by atoms with E-state index in [0.717, 1.165) is 39.3 Å². The highest BCUT2D eigenvalue weighted by Crippen LogP contribution is 1.93. The van der Waals surface area contributed by atoms with Crippen LogP contribution in [-0.2, 0) is 85.6 Å². The molecule has 0 N–H and O–H groups in total. The zero-order chi connectivity index (χ0) is 54.1. The van der Waals surface area contributed by atoms with E-state index in [9.17, 15) is 28.8 Å². The van der Waals surface area contributed by atoms with Gasteiger partial charge >= 0.3 is 0 Å². The van der Waals surface area contributed by atoms with Crippen LogP contribution in [0.2, 0.25) is 0 Å². The van der Waals surface area contributed by atoms with Crippen LogP contribution in [0.25, 0.3) is 0 Å². The largest absolute Gasteiger partial charge is 0.380 e. The Hall–Kier alpha value is -2.58. The van der Waals surface area contributed by atoms with Gasteiger partial charge in [0.05, 0.1) is 159 Å². The summed E-state index contributed by atoms with van der Waals surface area (Å²) in [7, 11) is 6.03. The van der Waals surface area contributed by atoms with Gasteiger partial charge in [0, 0.05) is 77.8 Å². The Kier molecular flexibility index (Phi) is 60.7. The predicted octanol–water partition coefficient (Wildman–Crippen LogP) is 2.83. The molecule has 21 nitrogen and oxygen atoms in total. The van der Waals surface area contributed by atoms with Crippen molar-refractivity contribution in [3.8, 4) is 0 Å². The lowest BCUT2D eigenvalue weighted by Gasteiger charge is -2.16. The summed E-state index contributed by atoms with van der Waals surface area (Å²) in [5.41, 5.74) is 0. The molecule has 0 heterocycles. The fraction of sp³-hybridized carbons (Fsp3) is 0.882. The molecule has 0 saturated carbocycles. The summed E-state index contributed by atoms with van der Waals surface area (Å²) in [6, 6.07) is 0. The van der Waals surface area contributed by atoms with E-state index in [1.54, 1.807) is 41.5 Å². The molecule has 0 atom stereocenters. The third-order valence-electron chi connectivity index (χ3n) is 9.53. The SMILES string of the molecule is CC(=O)CCOCCOCCN(C)CCOCCOCCC(C)=O.CC(=O)CCOCCOCCN(C)CCOCCOCCC(C)=O.CC(=O)CCOCCOCCOCCN(C)CCOCCC(C)=O. The summed E-state index contributed by atoms with van der Waals surface area (Å²) in [4.78, 5) is 70.6. The van der Waals surface area contributed by atoms with Gasteiger partial charge in [-0.2, -0.15) is 0 Å². The summed E-state index contributed by atoms with van der Waals surface area (Å²) >= 11 is 0. The quantitative estimate of drug-likeness (QED) is 0.0799. The summed E-state index contributed by atoms with van der Waals surface area (Å²) in [5.74, 6) is 0.855. The first-order chi connectivity index (χ1) is 34.6. The van der Waals surface area contributed by atoms with Crippen molar-refractivity contribution in [1.29, 1.82) is 0 Å². The highest BCUT2D eigenvalue weighted by molar-refractivity contribution is 5.77. The van der Waals surface area contributed by atoms with Gasteiger partial charge in [-0.25, -0.2) is 0 Å². The smallest absolute Gasteiger partial charge is 0.132 e. The Labute approximate surface area is 433 Å². The molecule has 0 aliphatic carbocycles. The molecule has 0 aromatic heterocycles. The molecule has 0 aromatic rings. The highest BCUT2D eigenvalue weighted by atomic mass is 16.6. The molecule has 0 bridgehead atoms. The molecular weight excluding hydrogens is 943 g/mol. The number of carbonyl (C=O) groups is 6. The van der Waals surface area contributed by atoms with Crippen LogP contribution < -0.4 is 0 Å². The van der Waals surface area contributed by atoms with Crippen LogP contribution in [-0.4, -0.2) is 268 Å². The molecule has 0 fully saturated rings. The van der Waals surface area contributed by atoms with Gasteiger partial charge in [0.2, 0.25) is 0 Å². The fourth-order valence-electron chi connectivity index (χ4n) is 4.88. The van der Waals surface area contributed by atoms with E-state index < -0.39 is 0 Å². The average molecular weight is 1040 g/mol. The molecule has 0 unspecified atom stereocenters. The van der Waals surface area contributed by atoms with Gasteiger partial charge in [0.15, 0.2) is 0 Å². The Morgan fingerprint density at radius 1 is 0.208 bits per heavy atom. The number of hydrogen-bond donors (Lipinski definition) is 0.